The molecule has 0 saturated carbocycles. The molecule has 1 heterocycles. The second-order valence-corrected chi connectivity index (χ2v) is 4.57. The lowest BCUT2D eigenvalue weighted by Gasteiger charge is -2.02. The van der Waals surface area contributed by atoms with Gasteiger partial charge in [-0.25, -0.2) is 13.4 Å². The van der Waals surface area contributed by atoms with Crippen molar-refractivity contribution in [3.05, 3.63) is 23.9 Å². The van der Waals surface area contributed by atoms with E-state index >= 15 is 0 Å². The third-order valence-corrected chi connectivity index (χ3v) is 2.16. The highest BCUT2D eigenvalue weighted by Gasteiger charge is 2.02. The number of rotatable bonds is 3. The molecule has 0 aliphatic rings. The van der Waals surface area contributed by atoms with Crippen LogP contribution in [0.3, 0.4) is 0 Å². The summed E-state index contributed by atoms with van der Waals surface area (Å²) in [4.78, 5) is 3.82. The fourth-order valence-corrected chi connectivity index (χ4v) is 1.46. The summed E-state index contributed by atoms with van der Waals surface area (Å²) in [5, 5.41) is 0. The number of sulfonamides is 1. The predicted molar refractivity (Wildman–Crippen MR) is 52.3 cm³/mol. The summed E-state index contributed by atoms with van der Waals surface area (Å²) in [5.41, 5.74) is 0.822. The molecule has 1 aromatic heterocycles. The summed E-state index contributed by atoms with van der Waals surface area (Å²) in [5.74, 6) is 0.627. The number of hydrogen-bond acceptors (Lipinski definition) is 3. The minimum Gasteiger partial charge on any atom is -0.268 e. The number of aromatic nitrogens is 1. The SMILES string of the molecule is CS(=O)(=O)Nc1cc(CCl)ccn1. The average molecular weight is 221 g/mol. The van der Waals surface area contributed by atoms with Crippen molar-refractivity contribution in [3.63, 3.8) is 0 Å². The molecule has 0 fully saturated rings. The molecule has 1 rings (SSSR count). The summed E-state index contributed by atoms with van der Waals surface area (Å²) >= 11 is 5.57. The topological polar surface area (TPSA) is 59.1 Å². The molecule has 0 bridgehead atoms. The molecule has 0 saturated heterocycles. The maximum absolute atomic E-state index is 10.8. The Balaban J connectivity index is 2.90. The zero-order chi connectivity index (χ0) is 9.90. The van der Waals surface area contributed by atoms with Gasteiger partial charge in [0.05, 0.1) is 6.26 Å². The lowest BCUT2D eigenvalue weighted by atomic mass is 10.3. The summed E-state index contributed by atoms with van der Waals surface area (Å²) in [6.07, 6.45) is 2.58. The highest BCUT2D eigenvalue weighted by atomic mass is 35.5. The standard InChI is InChI=1S/C7H9ClN2O2S/c1-13(11,12)10-7-4-6(5-8)2-3-9-7/h2-4H,5H2,1H3,(H,9,10). The first kappa shape index (κ1) is 10.3. The number of nitrogens with one attached hydrogen (secondary N) is 1. The lowest BCUT2D eigenvalue weighted by molar-refractivity contribution is 0.606. The molecular weight excluding hydrogens is 212 g/mol. The molecule has 4 nitrogen and oxygen atoms in total. The van der Waals surface area contributed by atoms with E-state index in [1.165, 1.54) is 6.20 Å². The van der Waals surface area contributed by atoms with Gasteiger partial charge in [0.15, 0.2) is 0 Å². The Morgan fingerprint density at radius 1 is 1.62 bits per heavy atom. The summed E-state index contributed by atoms with van der Waals surface area (Å²) in [6, 6.07) is 3.31. The molecule has 0 amide bonds. The van der Waals surface area contributed by atoms with Crippen molar-refractivity contribution in [2.75, 3.05) is 11.0 Å². The average Bonchev–Trinajstić information content (AvgIpc) is 2.01. The molecular formula is C7H9ClN2O2S. The molecule has 0 aromatic carbocycles. The van der Waals surface area contributed by atoms with Crippen LogP contribution < -0.4 is 4.72 Å². The van der Waals surface area contributed by atoms with Crippen molar-refractivity contribution in [3.8, 4) is 0 Å². The Hall–Kier alpha value is -0.810. The van der Waals surface area contributed by atoms with Gasteiger partial charge in [-0.3, -0.25) is 4.72 Å². The Morgan fingerprint density at radius 3 is 2.85 bits per heavy atom. The van der Waals surface area contributed by atoms with Gasteiger partial charge in [-0.1, -0.05) is 0 Å². The van der Waals surface area contributed by atoms with Gasteiger partial charge in [0, 0.05) is 12.1 Å². The van der Waals surface area contributed by atoms with E-state index in [2.05, 4.69) is 9.71 Å². The van der Waals surface area contributed by atoms with Crippen molar-refractivity contribution in [2.45, 2.75) is 5.88 Å². The zero-order valence-corrected chi connectivity index (χ0v) is 8.56. The Morgan fingerprint density at radius 2 is 2.31 bits per heavy atom. The highest BCUT2D eigenvalue weighted by molar-refractivity contribution is 7.92. The number of hydrogen-bond donors (Lipinski definition) is 1. The number of pyridine rings is 1. The van der Waals surface area contributed by atoms with Gasteiger partial charge in [0.2, 0.25) is 10.0 Å². The van der Waals surface area contributed by atoms with Crippen LogP contribution >= 0.6 is 11.6 Å². The van der Waals surface area contributed by atoms with E-state index in [0.29, 0.717) is 11.7 Å². The molecule has 0 spiro atoms. The molecule has 13 heavy (non-hydrogen) atoms. The van der Waals surface area contributed by atoms with E-state index in [9.17, 15) is 8.42 Å². The van der Waals surface area contributed by atoms with E-state index < -0.39 is 10.0 Å². The normalized spacial score (nSPS) is 11.2. The molecule has 72 valence electrons. The van der Waals surface area contributed by atoms with Crippen LogP contribution in [0.2, 0.25) is 0 Å². The van der Waals surface area contributed by atoms with Gasteiger partial charge >= 0.3 is 0 Å². The number of alkyl halides is 1. The number of halogens is 1. The van der Waals surface area contributed by atoms with Crippen LogP contribution in [0.4, 0.5) is 5.82 Å². The molecule has 0 radical (unpaired) electrons. The van der Waals surface area contributed by atoms with Gasteiger partial charge in [-0.15, -0.1) is 11.6 Å². The fourth-order valence-electron chi connectivity index (χ4n) is 0.803. The van der Waals surface area contributed by atoms with Gasteiger partial charge in [0.1, 0.15) is 5.82 Å². The van der Waals surface area contributed by atoms with E-state index in [0.717, 1.165) is 11.8 Å². The Kier molecular flexibility index (Phi) is 3.11. The van der Waals surface area contributed by atoms with Crippen LogP contribution in [0.15, 0.2) is 18.3 Å². The van der Waals surface area contributed by atoms with Gasteiger partial charge in [-0.05, 0) is 17.7 Å². The molecule has 1 aromatic rings. The highest BCUT2D eigenvalue weighted by Crippen LogP contribution is 2.09. The van der Waals surface area contributed by atoms with Crippen molar-refractivity contribution in [1.29, 1.82) is 0 Å². The Bertz CT molecular complexity index is 391. The van der Waals surface area contributed by atoms with Crippen LogP contribution in [0.5, 0.6) is 0 Å². The minimum atomic E-state index is -3.26. The number of nitrogens with zero attached hydrogens (tertiary/aromatic N) is 1. The third-order valence-electron chi connectivity index (χ3n) is 1.27. The molecule has 6 heteroatoms. The van der Waals surface area contributed by atoms with Crippen molar-refractivity contribution >= 4 is 27.4 Å². The summed E-state index contributed by atoms with van der Waals surface area (Å²) < 4.78 is 23.9. The zero-order valence-electron chi connectivity index (χ0n) is 6.99. The van der Waals surface area contributed by atoms with E-state index in [1.54, 1.807) is 12.1 Å². The van der Waals surface area contributed by atoms with Crippen molar-refractivity contribution in [2.24, 2.45) is 0 Å². The van der Waals surface area contributed by atoms with E-state index in [4.69, 9.17) is 11.6 Å². The molecule has 0 aliphatic heterocycles. The Labute approximate surface area is 82.0 Å². The summed E-state index contributed by atoms with van der Waals surface area (Å²) in [7, 11) is -3.26. The first-order valence-electron chi connectivity index (χ1n) is 3.50. The smallest absolute Gasteiger partial charge is 0.230 e. The minimum absolute atomic E-state index is 0.292. The van der Waals surface area contributed by atoms with Crippen LogP contribution in [0.25, 0.3) is 0 Å². The first-order valence-corrected chi connectivity index (χ1v) is 5.92. The number of anilines is 1. The van der Waals surface area contributed by atoms with Gasteiger partial charge in [0.25, 0.3) is 0 Å². The van der Waals surface area contributed by atoms with Crippen LogP contribution in [0.1, 0.15) is 5.56 Å². The molecule has 0 aliphatic carbocycles. The second kappa shape index (κ2) is 3.93. The van der Waals surface area contributed by atoms with Crippen molar-refractivity contribution in [1.82, 2.24) is 4.98 Å². The molecule has 0 atom stereocenters. The molecule has 1 N–H and O–H groups in total. The summed E-state index contributed by atoms with van der Waals surface area (Å²) in [6.45, 7) is 0. The van der Waals surface area contributed by atoms with E-state index in [1.807, 2.05) is 0 Å². The largest absolute Gasteiger partial charge is 0.268 e. The first-order chi connectivity index (χ1) is 6.01. The monoisotopic (exact) mass is 220 g/mol. The van der Waals surface area contributed by atoms with Gasteiger partial charge in [-0.2, -0.15) is 0 Å². The van der Waals surface area contributed by atoms with Gasteiger partial charge < -0.3 is 0 Å². The quantitative estimate of drug-likeness (QED) is 0.779. The fraction of sp³-hybridized carbons (Fsp3) is 0.286. The third kappa shape index (κ3) is 3.61. The van der Waals surface area contributed by atoms with Crippen LogP contribution in [0, 0.1) is 0 Å². The molecule has 0 unspecified atom stereocenters. The van der Waals surface area contributed by atoms with Crippen molar-refractivity contribution < 1.29 is 8.42 Å². The van der Waals surface area contributed by atoms with E-state index in [-0.39, 0.29) is 0 Å². The van der Waals surface area contributed by atoms with Crippen LogP contribution in [-0.4, -0.2) is 19.7 Å². The van der Waals surface area contributed by atoms with Crippen LogP contribution in [-0.2, 0) is 15.9 Å². The maximum atomic E-state index is 10.8. The predicted octanol–water partition coefficient (Wildman–Crippen LogP) is 1.19. The second-order valence-electron chi connectivity index (χ2n) is 2.56. The lowest BCUT2D eigenvalue weighted by Crippen LogP contribution is -2.10. The maximum Gasteiger partial charge on any atom is 0.230 e.